The fraction of sp³-hybridized carbons (Fsp3) is 0.917. The molecule has 0 aliphatic rings. The van der Waals surface area contributed by atoms with Crippen molar-refractivity contribution in [1.29, 1.82) is 0 Å². The highest BCUT2D eigenvalue weighted by molar-refractivity contribution is 7.98. The van der Waals surface area contributed by atoms with Gasteiger partial charge in [-0.3, -0.25) is 4.79 Å². The number of hydrogen-bond acceptors (Lipinski definition) is 3. The maximum absolute atomic E-state index is 12.0. The zero-order chi connectivity index (χ0) is 12.7. The van der Waals surface area contributed by atoms with E-state index in [1.807, 2.05) is 25.7 Å². The number of thioether (sulfide) groups is 1. The first-order valence-electron chi connectivity index (χ1n) is 5.96. The van der Waals surface area contributed by atoms with Gasteiger partial charge in [-0.1, -0.05) is 20.3 Å². The van der Waals surface area contributed by atoms with Gasteiger partial charge >= 0.3 is 0 Å². The van der Waals surface area contributed by atoms with Crippen LogP contribution in [0.1, 0.15) is 33.6 Å². The second-order valence-electron chi connectivity index (χ2n) is 4.49. The summed E-state index contributed by atoms with van der Waals surface area (Å²) < 4.78 is 0. The molecular formula is C12H26N2OS. The number of carbonyl (C=O) groups is 1. The SMILES string of the molecule is CCC(C)C(N)C(=O)N(C)C(C)CCSC. The third kappa shape index (κ3) is 4.74. The Bertz CT molecular complexity index is 211. The zero-order valence-corrected chi connectivity index (χ0v) is 12.0. The number of amides is 1. The Morgan fingerprint density at radius 2 is 2.00 bits per heavy atom. The Kier molecular flexibility index (Phi) is 7.85. The fourth-order valence-electron chi connectivity index (χ4n) is 1.43. The molecule has 3 unspecified atom stereocenters. The van der Waals surface area contributed by atoms with Crippen LogP contribution >= 0.6 is 11.8 Å². The van der Waals surface area contributed by atoms with Crippen molar-refractivity contribution in [2.75, 3.05) is 19.1 Å². The van der Waals surface area contributed by atoms with Gasteiger partial charge in [-0.25, -0.2) is 0 Å². The third-order valence-corrected chi connectivity index (χ3v) is 3.93. The van der Waals surface area contributed by atoms with E-state index in [-0.39, 0.29) is 23.9 Å². The predicted octanol–water partition coefficient (Wildman–Crippen LogP) is 1.96. The van der Waals surface area contributed by atoms with Crippen molar-refractivity contribution < 1.29 is 4.79 Å². The van der Waals surface area contributed by atoms with E-state index < -0.39 is 0 Å². The number of nitrogens with two attached hydrogens (primary N) is 1. The van der Waals surface area contributed by atoms with Crippen LogP contribution in [-0.4, -0.2) is 41.9 Å². The quantitative estimate of drug-likeness (QED) is 0.747. The average molecular weight is 246 g/mol. The molecule has 0 aliphatic carbocycles. The van der Waals surface area contributed by atoms with Crippen LogP contribution in [0.15, 0.2) is 0 Å². The van der Waals surface area contributed by atoms with Crippen molar-refractivity contribution in [3.63, 3.8) is 0 Å². The topological polar surface area (TPSA) is 46.3 Å². The standard InChI is InChI=1S/C12H26N2OS/c1-6-9(2)11(13)12(15)14(4)10(3)7-8-16-5/h9-11H,6-8,13H2,1-5H3. The summed E-state index contributed by atoms with van der Waals surface area (Å²) in [6, 6.07) is -0.0817. The minimum Gasteiger partial charge on any atom is -0.342 e. The molecule has 0 saturated heterocycles. The first kappa shape index (κ1) is 15.8. The van der Waals surface area contributed by atoms with E-state index in [0.717, 1.165) is 18.6 Å². The lowest BCUT2D eigenvalue weighted by Crippen LogP contribution is -2.48. The molecular weight excluding hydrogens is 220 g/mol. The van der Waals surface area contributed by atoms with E-state index in [4.69, 9.17) is 5.73 Å². The minimum atomic E-state index is -0.355. The Balaban J connectivity index is 4.25. The van der Waals surface area contributed by atoms with Gasteiger partial charge in [0, 0.05) is 13.1 Å². The molecule has 1 amide bonds. The molecule has 3 atom stereocenters. The maximum atomic E-state index is 12.0. The highest BCUT2D eigenvalue weighted by Crippen LogP contribution is 2.12. The molecule has 0 rings (SSSR count). The van der Waals surface area contributed by atoms with Gasteiger partial charge in [0.25, 0.3) is 0 Å². The van der Waals surface area contributed by atoms with Gasteiger partial charge in [0.15, 0.2) is 0 Å². The number of likely N-dealkylation sites (N-methyl/N-ethyl adjacent to an activating group) is 1. The summed E-state index contributed by atoms with van der Waals surface area (Å²) in [5.41, 5.74) is 5.94. The maximum Gasteiger partial charge on any atom is 0.239 e. The van der Waals surface area contributed by atoms with Gasteiger partial charge in [0.2, 0.25) is 5.91 Å². The lowest BCUT2D eigenvalue weighted by molar-refractivity contribution is -0.134. The van der Waals surface area contributed by atoms with Gasteiger partial charge in [-0.2, -0.15) is 11.8 Å². The van der Waals surface area contributed by atoms with Crippen molar-refractivity contribution in [3.05, 3.63) is 0 Å². The Morgan fingerprint density at radius 1 is 1.44 bits per heavy atom. The first-order chi connectivity index (χ1) is 7.45. The first-order valence-corrected chi connectivity index (χ1v) is 7.36. The molecule has 0 fully saturated rings. The van der Waals surface area contributed by atoms with Crippen LogP contribution in [0.25, 0.3) is 0 Å². The van der Waals surface area contributed by atoms with E-state index in [1.54, 1.807) is 4.90 Å². The largest absolute Gasteiger partial charge is 0.342 e. The van der Waals surface area contributed by atoms with Crippen LogP contribution in [0.2, 0.25) is 0 Å². The smallest absolute Gasteiger partial charge is 0.239 e. The van der Waals surface area contributed by atoms with E-state index >= 15 is 0 Å². The summed E-state index contributed by atoms with van der Waals surface area (Å²) in [5.74, 6) is 1.41. The molecule has 0 aromatic rings. The molecule has 4 heteroatoms. The van der Waals surface area contributed by atoms with Gasteiger partial charge in [0.1, 0.15) is 0 Å². The van der Waals surface area contributed by atoms with Gasteiger partial charge in [-0.05, 0) is 31.3 Å². The van der Waals surface area contributed by atoms with Crippen molar-refractivity contribution in [2.45, 2.75) is 45.7 Å². The summed E-state index contributed by atoms with van der Waals surface area (Å²) in [7, 11) is 1.86. The average Bonchev–Trinajstić information content (AvgIpc) is 2.31. The Hall–Kier alpha value is -0.220. The molecule has 0 saturated carbocycles. The van der Waals surface area contributed by atoms with Crippen molar-refractivity contribution in [3.8, 4) is 0 Å². The second-order valence-corrected chi connectivity index (χ2v) is 5.48. The molecule has 96 valence electrons. The molecule has 3 nitrogen and oxygen atoms in total. The lowest BCUT2D eigenvalue weighted by Gasteiger charge is -2.29. The summed E-state index contributed by atoms with van der Waals surface area (Å²) in [5, 5.41) is 0. The molecule has 0 radical (unpaired) electrons. The van der Waals surface area contributed by atoms with E-state index in [9.17, 15) is 4.79 Å². The highest BCUT2D eigenvalue weighted by Gasteiger charge is 2.25. The van der Waals surface area contributed by atoms with E-state index in [0.29, 0.717) is 0 Å². The predicted molar refractivity (Wildman–Crippen MR) is 72.7 cm³/mol. The van der Waals surface area contributed by atoms with E-state index in [2.05, 4.69) is 20.1 Å². The monoisotopic (exact) mass is 246 g/mol. The third-order valence-electron chi connectivity index (χ3n) is 3.29. The number of carbonyl (C=O) groups excluding carboxylic acids is 1. The van der Waals surface area contributed by atoms with Crippen molar-refractivity contribution in [2.24, 2.45) is 11.7 Å². The van der Waals surface area contributed by atoms with Crippen LogP contribution in [-0.2, 0) is 4.79 Å². The zero-order valence-electron chi connectivity index (χ0n) is 11.2. The molecule has 0 aromatic carbocycles. The summed E-state index contributed by atoms with van der Waals surface area (Å²) in [6.45, 7) is 6.18. The molecule has 0 aliphatic heterocycles. The van der Waals surface area contributed by atoms with Crippen molar-refractivity contribution >= 4 is 17.7 Å². The number of hydrogen-bond donors (Lipinski definition) is 1. The molecule has 0 spiro atoms. The summed E-state index contributed by atoms with van der Waals surface area (Å²) in [6.07, 6.45) is 4.05. The number of nitrogens with zero attached hydrogens (tertiary/aromatic N) is 1. The van der Waals surface area contributed by atoms with Gasteiger partial charge in [-0.15, -0.1) is 0 Å². The molecule has 0 aromatic heterocycles. The summed E-state index contributed by atoms with van der Waals surface area (Å²) in [4.78, 5) is 13.8. The molecule has 2 N–H and O–H groups in total. The summed E-state index contributed by atoms with van der Waals surface area (Å²) >= 11 is 1.81. The van der Waals surface area contributed by atoms with E-state index in [1.165, 1.54) is 0 Å². The van der Waals surface area contributed by atoms with Gasteiger partial charge in [0.05, 0.1) is 6.04 Å². The second kappa shape index (κ2) is 7.96. The lowest BCUT2D eigenvalue weighted by atomic mass is 9.98. The van der Waals surface area contributed by atoms with Crippen LogP contribution < -0.4 is 5.73 Å². The van der Waals surface area contributed by atoms with Crippen molar-refractivity contribution in [1.82, 2.24) is 4.90 Å². The molecule has 0 heterocycles. The fourth-order valence-corrected chi connectivity index (χ4v) is 2.01. The molecule has 16 heavy (non-hydrogen) atoms. The van der Waals surface area contributed by atoms with Gasteiger partial charge < -0.3 is 10.6 Å². The van der Waals surface area contributed by atoms with Crippen LogP contribution in [0, 0.1) is 5.92 Å². The molecule has 0 bridgehead atoms. The van der Waals surface area contributed by atoms with Crippen LogP contribution in [0.4, 0.5) is 0 Å². The Morgan fingerprint density at radius 3 is 2.44 bits per heavy atom. The highest BCUT2D eigenvalue weighted by atomic mass is 32.2. The van der Waals surface area contributed by atoms with Crippen LogP contribution in [0.5, 0.6) is 0 Å². The normalized spacial score (nSPS) is 16.6. The Labute approximate surface area is 104 Å². The number of rotatable bonds is 7. The minimum absolute atomic E-state index is 0.0722. The van der Waals surface area contributed by atoms with Crippen LogP contribution in [0.3, 0.4) is 0 Å².